The number of imide groups is 1. The number of rotatable bonds is 7. The zero-order chi connectivity index (χ0) is 20.3. The molecule has 0 aliphatic carbocycles. The van der Waals surface area contributed by atoms with Gasteiger partial charge in [-0.05, 0) is 41.7 Å². The Bertz CT molecular complexity index is 871. The molecule has 3 amide bonds. The van der Waals surface area contributed by atoms with Crippen LogP contribution in [0.2, 0.25) is 0 Å². The van der Waals surface area contributed by atoms with Gasteiger partial charge in [0.15, 0.2) is 0 Å². The zero-order valence-corrected chi connectivity index (χ0v) is 17.6. The molecule has 0 atom stereocenters. The van der Waals surface area contributed by atoms with Gasteiger partial charge >= 0.3 is 0 Å². The molecule has 2 aromatic rings. The predicted octanol–water partition coefficient (Wildman–Crippen LogP) is 3.82. The molecule has 0 bridgehead atoms. The Labute approximate surface area is 173 Å². The fourth-order valence-corrected chi connectivity index (χ4v) is 3.56. The van der Waals surface area contributed by atoms with Gasteiger partial charge in [0.05, 0.1) is 11.1 Å². The summed E-state index contributed by atoms with van der Waals surface area (Å²) in [7, 11) is 0. The van der Waals surface area contributed by atoms with Crippen molar-refractivity contribution in [1.82, 2.24) is 10.2 Å². The van der Waals surface area contributed by atoms with Crippen LogP contribution in [0.4, 0.5) is 0 Å². The Morgan fingerprint density at radius 3 is 2.14 bits per heavy atom. The standard InChI is InChI=1S/C22H23BrN2O3/c1-22(2,13-15-7-9-16(23)10-8-15)14-24-19(26)11-12-25-20(27)17-5-3-4-6-18(17)21(25)28/h3-10H,11-14H2,1-2H3,(H,24,26). The molecule has 0 aromatic heterocycles. The van der Waals surface area contributed by atoms with Crippen LogP contribution in [0.25, 0.3) is 0 Å². The molecule has 1 heterocycles. The first-order chi connectivity index (χ1) is 13.3. The molecule has 2 aromatic carbocycles. The molecule has 28 heavy (non-hydrogen) atoms. The zero-order valence-electron chi connectivity index (χ0n) is 16.0. The van der Waals surface area contributed by atoms with Gasteiger partial charge in [0.25, 0.3) is 11.8 Å². The van der Waals surface area contributed by atoms with E-state index in [9.17, 15) is 14.4 Å². The van der Waals surface area contributed by atoms with E-state index in [2.05, 4.69) is 47.2 Å². The van der Waals surface area contributed by atoms with Gasteiger partial charge in [-0.2, -0.15) is 0 Å². The highest BCUT2D eigenvalue weighted by molar-refractivity contribution is 9.10. The molecular weight excluding hydrogens is 420 g/mol. The van der Waals surface area contributed by atoms with Gasteiger partial charge in [0.1, 0.15) is 0 Å². The summed E-state index contributed by atoms with van der Waals surface area (Å²) in [6.45, 7) is 4.80. The summed E-state index contributed by atoms with van der Waals surface area (Å²) in [5.41, 5.74) is 1.90. The second kappa shape index (κ2) is 8.27. The molecule has 0 saturated carbocycles. The van der Waals surface area contributed by atoms with Gasteiger partial charge in [0, 0.05) is 24.0 Å². The topological polar surface area (TPSA) is 66.5 Å². The Morgan fingerprint density at radius 1 is 1.00 bits per heavy atom. The van der Waals surface area contributed by atoms with Gasteiger partial charge in [-0.25, -0.2) is 0 Å². The van der Waals surface area contributed by atoms with Crippen LogP contribution in [0.15, 0.2) is 53.0 Å². The van der Waals surface area contributed by atoms with Crippen molar-refractivity contribution >= 4 is 33.7 Å². The molecule has 1 aliphatic rings. The lowest BCUT2D eigenvalue weighted by Gasteiger charge is -2.25. The molecule has 0 unspecified atom stereocenters. The van der Waals surface area contributed by atoms with E-state index in [4.69, 9.17) is 0 Å². The molecule has 0 radical (unpaired) electrons. The van der Waals surface area contributed by atoms with Crippen molar-refractivity contribution in [3.8, 4) is 0 Å². The average Bonchev–Trinajstić information content (AvgIpc) is 2.91. The maximum atomic E-state index is 12.3. The Morgan fingerprint density at radius 2 is 1.57 bits per heavy atom. The van der Waals surface area contributed by atoms with Gasteiger partial charge in [-0.15, -0.1) is 0 Å². The summed E-state index contributed by atoms with van der Waals surface area (Å²) in [4.78, 5) is 38.1. The lowest BCUT2D eigenvalue weighted by atomic mass is 9.85. The minimum absolute atomic E-state index is 0.0886. The van der Waals surface area contributed by atoms with Crippen LogP contribution in [-0.4, -0.2) is 35.7 Å². The summed E-state index contributed by atoms with van der Waals surface area (Å²) in [5, 5.41) is 2.93. The number of amides is 3. The molecule has 1 aliphatic heterocycles. The van der Waals surface area contributed by atoms with Crippen LogP contribution in [0.1, 0.15) is 46.5 Å². The van der Waals surface area contributed by atoms with E-state index in [0.717, 1.165) is 15.8 Å². The smallest absolute Gasteiger partial charge is 0.261 e. The highest BCUT2D eigenvalue weighted by Gasteiger charge is 2.35. The third-order valence-electron chi connectivity index (χ3n) is 4.80. The van der Waals surface area contributed by atoms with E-state index in [1.807, 2.05) is 12.1 Å². The second-order valence-electron chi connectivity index (χ2n) is 7.80. The summed E-state index contributed by atoms with van der Waals surface area (Å²) < 4.78 is 1.04. The Balaban J connectivity index is 1.49. The van der Waals surface area contributed by atoms with Crippen molar-refractivity contribution in [2.45, 2.75) is 26.7 Å². The largest absolute Gasteiger partial charge is 0.355 e. The summed E-state index contributed by atoms with van der Waals surface area (Å²) >= 11 is 3.43. The molecule has 0 spiro atoms. The lowest BCUT2D eigenvalue weighted by Crippen LogP contribution is -2.38. The van der Waals surface area contributed by atoms with E-state index in [-0.39, 0.29) is 36.1 Å². The number of carbonyl (C=O) groups excluding carboxylic acids is 3. The van der Waals surface area contributed by atoms with E-state index in [1.54, 1.807) is 24.3 Å². The van der Waals surface area contributed by atoms with Crippen molar-refractivity contribution in [3.63, 3.8) is 0 Å². The molecule has 5 nitrogen and oxygen atoms in total. The maximum Gasteiger partial charge on any atom is 0.261 e. The van der Waals surface area contributed by atoms with Crippen molar-refractivity contribution in [3.05, 3.63) is 69.7 Å². The average molecular weight is 443 g/mol. The van der Waals surface area contributed by atoms with Gasteiger partial charge < -0.3 is 5.32 Å². The van der Waals surface area contributed by atoms with Gasteiger partial charge in [0.2, 0.25) is 5.91 Å². The number of nitrogens with one attached hydrogen (secondary N) is 1. The number of nitrogens with zero attached hydrogens (tertiary/aromatic N) is 1. The van der Waals surface area contributed by atoms with Crippen LogP contribution in [0.5, 0.6) is 0 Å². The minimum Gasteiger partial charge on any atom is -0.355 e. The van der Waals surface area contributed by atoms with Crippen molar-refractivity contribution in [2.75, 3.05) is 13.1 Å². The van der Waals surface area contributed by atoms with Crippen molar-refractivity contribution in [2.24, 2.45) is 5.41 Å². The van der Waals surface area contributed by atoms with E-state index in [1.165, 1.54) is 5.56 Å². The quantitative estimate of drug-likeness (QED) is 0.662. The molecular formula is C22H23BrN2O3. The first kappa shape index (κ1) is 20.3. The van der Waals surface area contributed by atoms with Gasteiger partial charge in [-0.3, -0.25) is 19.3 Å². The minimum atomic E-state index is -0.330. The third kappa shape index (κ3) is 4.68. The highest BCUT2D eigenvalue weighted by Crippen LogP contribution is 2.23. The van der Waals surface area contributed by atoms with Crippen LogP contribution in [-0.2, 0) is 11.2 Å². The summed E-state index contributed by atoms with van der Waals surface area (Å²) in [6.07, 6.45) is 0.929. The number of halogens is 1. The van der Waals surface area contributed by atoms with Crippen LogP contribution in [0.3, 0.4) is 0 Å². The molecule has 6 heteroatoms. The maximum absolute atomic E-state index is 12.3. The van der Waals surface area contributed by atoms with Crippen LogP contribution < -0.4 is 5.32 Å². The number of carbonyl (C=O) groups is 3. The number of hydrogen-bond donors (Lipinski definition) is 1. The first-order valence-corrected chi connectivity index (χ1v) is 10.0. The molecule has 1 N–H and O–H groups in total. The normalized spacial score (nSPS) is 13.6. The fraction of sp³-hybridized carbons (Fsp3) is 0.318. The molecule has 0 saturated heterocycles. The Kier molecular flexibility index (Phi) is 5.98. The monoisotopic (exact) mass is 442 g/mol. The number of fused-ring (bicyclic) bond motifs is 1. The van der Waals surface area contributed by atoms with E-state index in [0.29, 0.717) is 17.7 Å². The van der Waals surface area contributed by atoms with Crippen molar-refractivity contribution in [1.29, 1.82) is 0 Å². The SMILES string of the molecule is CC(C)(CNC(=O)CCN1C(=O)c2ccccc2C1=O)Cc1ccc(Br)cc1. The predicted molar refractivity (Wildman–Crippen MR) is 111 cm³/mol. The van der Waals surface area contributed by atoms with Crippen LogP contribution in [0, 0.1) is 5.41 Å². The lowest BCUT2D eigenvalue weighted by molar-refractivity contribution is -0.121. The Hall–Kier alpha value is -2.47. The van der Waals surface area contributed by atoms with E-state index >= 15 is 0 Å². The molecule has 0 fully saturated rings. The fourth-order valence-electron chi connectivity index (χ4n) is 3.30. The molecule has 146 valence electrons. The highest BCUT2D eigenvalue weighted by atomic mass is 79.9. The van der Waals surface area contributed by atoms with E-state index < -0.39 is 0 Å². The second-order valence-corrected chi connectivity index (χ2v) is 8.72. The number of hydrogen-bond acceptors (Lipinski definition) is 3. The van der Waals surface area contributed by atoms with Gasteiger partial charge in [-0.1, -0.05) is 54.0 Å². The van der Waals surface area contributed by atoms with Crippen LogP contribution >= 0.6 is 15.9 Å². The third-order valence-corrected chi connectivity index (χ3v) is 5.33. The van der Waals surface area contributed by atoms with Crippen molar-refractivity contribution < 1.29 is 14.4 Å². The number of benzene rings is 2. The molecule has 3 rings (SSSR count). The first-order valence-electron chi connectivity index (χ1n) is 9.23. The summed E-state index contributed by atoms with van der Waals surface area (Å²) in [5.74, 6) is -0.826. The summed E-state index contributed by atoms with van der Waals surface area (Å²) in [6, 6.07) is 14.9.